The highest BCUT2D eigenvalue weighted by Gasteiger charge is 2.68. The van der Waals surface area contributed by atoms with Crippen LogP contribution < -0.4 is 10.1 Å². The van der Waals surface area contributed by atoms with Gasteiger partial charge in [-0.3, -0.25) is 4.79 Å². The molecule has 1 aromatic rings. The summed E-state index contributed by atoms with van der Waals surface area (Å²) in [6.07, 6.45) is 4.32. The van der Waals surface area contributed by atoms with Gasteiger partial charge in [0.15, 0.2) is 0 Å². The Kier molecular flexibility index (Phi) is 8.20. The topological polar surface area (TPSA) is 107 Å². The summed E-state index contributed by atoms with van der Waals surface area (Å²) in [6.45, 7) is 9.14. The van der Waals surface area contributed by atoms with Gasteiger partial charge in [0.1, 0.15) is 11.3 Å². The van der Waals surface area contributed by atoms with E-state index in [1.165, 1.54) is 7.11 Å². The minimum Gasteiger partial charge on any atom is -0.496 e. The second kappa shape index (κ2) is 11.0. The van der Waals surface area contributed by atoms with Crippen molar-refractivity contribution in [2.75, 3.05) is 13.7 Å². The summed E-state index contributed by atoms with van der Waals surface area (Å²) in [5.41, 5.74) is 0.871. The number of nitriles is 1. The predicted molar refractivity (Wildman–Crippen MR) is 139 cm³/mol. The fourth-order valence-corrected chi connectivity index (χ4v) is 6.51. The lowest BCUT2D eigenvalue weighted by Crippen LogP contribution is -2.65. The Labute approximate surface area is 220 Å². The second-order valence-corrected chi connectivity index (χ2v) is 11.4. The van der Waals surface area contributed by atoms with E-state index in [0.717, 1.165) is 31.2 Å². The van der Waals surface area contributed by atoms with E-state index < -0.39 is 24.6 Å². The first-order valence-electron chi connectivity index (χ1n) is 13.5. The molecule has 5 unspecified atom stereocenters. The van der Waals surface area contributed by atoms with Gasteiger partial charge in [0.25, 0.3) is 0 Å². The molecule has 37 heavy (non-hydrogen) atoms. The zero-order chi connectivity index (χ0) is 26.8. The number of benzene rings is 1. The van der Waals surface area contributed by atoms with Gasteiger partial charge < -0.3 is 24.1 Å². The third-order valence-corrected chi connectivity index (χ3v) is 8.80. The van der Waals surface area contributed by atoms with E-state index >= 15 is 0 Å². The van der Waals surface area contributed by atoms with Crippen molar-refractivity contribution in [3.05, 3.63) is 29.3 Å². The van der Waals surface area contributed by atoms with Crippen LogP contribution in [0.15, 0.2) is 18.2 Å². The van der Waals surface area contributed by atoms with Gasteiger partial charge in [0, 0.05) is 12.8 Å². The number of esters is 1. The van der Waals surface area contributed by atoms with Crippen molar-refractivity contribution in [2.24, 2.45) is 17.3 Å². The van der Waals surface area contributed by atoms with Gasteiger partial charge in [-0.05, 0) is 61.5 Å². The number of para-hydroxylation sites is 1. The molecule has 8 nitrogen and oxygen atoms in total. The van der Waals surface area contributed by atoms with Crippen LogP contribution in [-0.2, 0) is 25.3 Å². The summed E-state index contributed by atoms with van der Waals surface area (Å²) in [5, 5.41) is 12.0. The van der Waals surface area contributed by atoms with Gasteiger partial charge >= 0.3 is 13.1 Å². The second-order valence-electron chi connectivity index (χ2n) is 11.4. The number of unbranched alkanes of at least 4 members (excludes halogenated alkanes) is 1. The average molecular weight is 510 g/mol. The highest BCUT2D eigenvalue weighted by Crippen LogP contribution is 2.65. The number of methoxy groups -OCH3 is 1. The quantitative estimate of drug-likeness (QED) is 0.269. The van der Waals surface area contributed by atoms with E-state index in [2.05, 4.69) is 26.1 Å². The number of hydrogen-bond acceptors (Lipinski definition) is 7. The summed E-state index contributed by atoms with van der Waals surface area (Å²) in [7, 11) is 0.872. The molecule has 4 aliphatic rings. The molecule has 1 saturated heterocycles. The average Bonchev–Trinajstić information content (AvgIpc) is 3.24. The van der Waals surface area contributed by atoms with Crippen LogP contribution in [0.1, 0.15) is 82.1 Å². The van der Waals surface area contributed by atoms with E-state index in [-0.39, 0.29) is 30.3 Å². The molecule has 1 heterocycles. The Hall–Kier alpha value is -2.57. The Balaban J connectivity index is 1.58. The van der Waals surface area contributed by atoms with Gasteiger partial charge in [0.2, 0.25) is 5.91 Å². The van der Waals surface area contributed by atoms with Crippen LogP contribution in [0.25, 0.3) is 0 Å². The highest BCUT2D eigenvalue weighted by molar-refractivity contribution is 6.48. The normalized spacial score (nSPS) is 27.9. The predicted octanol–water partition coefficient (Wildman–Crippen LogP) is 4.25. The third kappa shape index (κ3) is 5.24. The number of hydrogen-bond donors (Lipinski definition) is 1. The summed E-state index contributed by atoms with van der Waals surface area (Å²) < 4.78 is 24.2. The van der Waals surface area contributed by atoms with Crippen molar-refractivity contribution in [2.45, 2.75) is 90.3 Å². The van der Waals surface area contributed by atoms with Crippen molar-refractivity contribution in [3.8, 4) is 11.8 Å². The van der Waals surface area contributed by atoms with Crippen LogP contribution >= 0.6 is 0 Å². The Morgan fingerprint density at radius 1 is 1.30 bits per heavy atom. The molecule has 1 amide bonds. The summed E-state index contributed by atoms with van der Waals surface area (Å²) in [6, 6.07) is 7.37. The van der Waals surface area contributed by atoms with E-state index in [9.17, 15) is 9.59 Å². The molecular formula is C28H39BN2O6. The number of rotatable bonds is 11. The van der Waals surface area contributed by atoms with Crippen molar-refractivity contribution in [1.29, 1.82) is 5.26 Å². The van der Waals surface area contributed by atoms with E-state index in [0.29, 0.717) is 36.2 Å². The molecule has 1 aromatic carbocycles. The molecule has 0 radical (unpaired) electrons. The maximum Gasteiger partial charge on any atom is 0.482 e. The first-order valence-corrected chi connectivity index (χ1v) is 13.5. The Bertz CT molecular complexity index is 1060. The molecular weight excluding hydrogens is 471 g/mol. The van der Waals surface area contributed by atoms with Crippen LogP contribution in [0, 0.1) is 28.6 Å². The number of amides is 1. The van der Waals surface area contributed by atoms with E-state index in [4.69, 9.17) is 24.0 Å². The zero-order valence-corrected chi connectivity index (χ0v) is 22.7. The zero-order valence-electron chi connectivity index (χ0n) is 22.7. The Morgan fingerprint density at radius 3 is 2.76 bits per heavy atom. The number of nitrogens with zero attached hydrogens (tertiary/aromatic N) is 1. The lowest BCUT2D eigenvalue weighted by molar-refractivity contribution is -0.199. The minimum atomic E-state index is -0.652. The molecule has 200 valence electrons. The van der Waals surface area contributed by atoms with E-state index in [1.54, 1.807) is 12.1 Å². The van der Waals surface area contributed by atoms with Crippen LogP contribution in [-0.4, -0.2) is 50.4 Å². The molecule has 3 aliphatic carbocycles. The number of carbonyl (C=O) groups is 2. The Morgan fingerprint density at radius 2 is 2.08 bits per heavy atom. The minimum absolute atomic E-state index is 0.0328. The standard InChI is InChI=1S/C28H39BN2O6/c1-6-7-14-35-26(33)20-11-8-10-18(25(20)34-5)15-23(31-24(32)12-9-13-30)29-36-22-17-19-16-21(27(19,2)3)28(22,4)37-29/h8,10-11,19,21-23H,6-7,9,12,14-17H2,1-5H3,(H,31,32). The van der Waals surface area contributed by atoms with Crippen LogP contribution in [0.3, 0.4) is 0 Å². The summed E-state index contributed by atoms with van der Waals surface area (Å²) in [4.78, 5) is 25.5. The molecule has 4 fully saturated rings. The lowest BCUT2D eigenvalue weighted by Gasteiger charge is -2.64. The number of ether oxygens (including phenoxy) is 2. The van der Waals surface area contributed by atoms with Crippen molar-refractivity contribution in [1.82, 2.24) is 5.32 Å². The molecule has 5 atom stereocenters. The molecule has 0 spiro atoms. The van der Waals surface area contributed by atoms with Gasteiger partial charge in [-0.25, -0.2) is 4.79 Å². The highest BCUT2D eigenvalue weighted by atomic mass is 16.7. The van der Waals surface area contributed by atoms with Crippen molar-refractivity contribution < 1.29 is 28.4 Å². The number of nitrogens with one attached hydrogen (secondary N) is 1. The number of carbonyl (C=O) groups excluding carboxylic acids is 2. The third-order valence-electron chi connectivity index (χ3n) is 8.80. The molecule has 2 bridgehead atoms. The first kappa shape index (κ1) is 27.5. The van der Waals surface area contributed by atoms with Crippen LogP contribution in [0.5, 0.6) is 5.75 Å². The maximum atomic E-state index is 12.8. The van der Waals surface area contributed by atoms with Gasteiger partial charge in [0.05, 0.1) is 37.4 Å². The van der Waals surface area contributed by atoms with Crippen molar-refractivity contribution in [3.63, 3.8) is 0 Å². The van der Waals surface area contributed by atoms with Crippen LogP contribution in [0.2, 0.25) is 0 Å². The fourth-order valence-electron chi connectivity index (χ4n) is 6.51. The summed E-state index contributed by atoms with van der Waals surface area (Å²) in [5.74, 6) is 0.226. The largest absolute Gasteiger partial charge is 0.496 e. The molecule has 5 rings (SSSR count). The van der Waals surface area contributed by atoms with Gasteiger partial charge in [-0.15, -0.1) is 0 Å². The van der Waals surface area contributed by atoms with E-state index in [1.807, 2.05) is 19.1 Å². The maximum absolute atomic E-state index is 12.8. The first-order chi connectivity index (χ1) is 17.6. The smallest absolute Gasteiger partial charge is 0.482 e. The van der Waals surface area contributed by atoms with Gasteiger partial charge in [-0.1, -0.05) is 39.3 Å². The molecule has 1 N–H and O–H groups in total. The SMILES string of the molecule is CCCCOC(=O)c1cccc(CC(NC(=O)CCC#N)B2OC3CC4CC(C4(C)C)C3(C)O2)c1OC. The molecule has 0 aromatic heterocycles. The molecule has 9 heteroatoms. The molecule has 3 saturated carbocycles. The summed E-state index contributed by atoms with van der Waals surface area (Å²) >= 11 is 0. The van der Waals surface area contributed by atoms with Gasteiger partial charge in [-0.2, -0.15) is 5.26 Å². The lowest BCUT2D eigenvalue weighted by atomic mass is 9.43. The fraction of sp³-hybridized carbons (Fsp3) is 0.679. The molecule has 1 aliphatic heterocycles. The van der Waals surface area contributed by atoms with Crippen LogP contribution in [0.4, 0.5) is 0 Å². The monoisotopic (exact) mass is 510 g/mol. The van der Waals surface area contributed by atoms with Crippen molar-refractivity contribution >= 4 is 19.0 Å².